The molecule has 192 valence electrons. The van der Waals surface area contributed by atoms with Gasteiger partial charge in [0.25, 0.3) is 5.91 Å². The van der Waals surface area contributed by atoms with Gasteiger partial charge in [-0.2, -0.15) is 13.2 Å². The largest absolute Gasteiger partial charge is 0.487 e. The zero-order chi connectivity index (χ0) is 26.6. The Morgan fingerprint density at radius 3 is 2.70 bits per heavy atom. The monoisotopic (exact) mass is 509 g/mol. The second-order valence-corrected chi connectivity index (χ2v) is 8.75. The van der Waals surface area contributed by atoms with Crippen LogP contribution in [0, 0.1) is 6.92 Å². The van der Waals surface area contributed by atoms with Gasteiger partial charge >= 0.3 is 6.18 Å². The number of anilines is 1. The van der Waals surface area contributed by atoms with Gasteiger partial charge in [0.15, 0.2) is 0 Å². The van der Waals surface area contributed by atoms with E-state index in [2.05, 4.69) is 20.2 Å². The van der Waals surface area contributed by atoms with Gasteiger partial charge in [-0.3, -0.25) is 19.7 Å². The molecule has 4 rings (SSSR count). The van der Waals surface area contributed by atoms with Gasteiger partial charge in [0.2, 0.25) is 0 Å². The van der Waals surface area contributed by atoms with Crippen LogP contribution in [-0.4, -0.2) is 48.2 Å². The molecule has 0 radical (unpaired) electrons. The number of carbonyl (C=O) groups is 1. The fraction of sp³-hybridized carbons (Fsp3) is 0.222. The van der Waals surface area contributed by atoms with E-state index in [-0.39, 0.29) is 11.7 Å². The minimum absolute atomic E-state index is 0.0847. The number of pyridine rings is 1. The lowest BCUT2D eigenvalue weighted by Gasteiger charge is -2.36. The van der Waals surface area contributed by atoms with Crippen molar-refractivity contribution in [2.75, 3.05) is 25.5 Å². The number of aromatic nitrogens is 1. The first-order chi connectivity index (χ1) is 17.6. The molecule has 1 aromatic heterocycles. The number of nitrogens with one attached hydrogen (secondary N) is 1. The molecule has 1 aliphatic rings. The highest BCUT2D eigenvalue weighted by molar-refractivity contribution is 6.11. The second-order valence-electron chi connectivity index (χ2n) is 8.75. The average Bonchev–Trinajstić information content (AvgIpc) is 2.85. The van der Waals surface area contributed by atoms with Crippen LogP contribution in [0.2, 0.25) is 0 Å². The van der Waals surface area contributed by atoms with Crippen LogP contribution in [-0.2, 0) is 6.18 Å². The number of nitrogens with zero attached hydrogens (tertiary/aromatic N) is 3. The molecule has 0 spiro atoms. The van der Waals surface area contributed by atoms with Gasteiger partial charge in [-0.15, -0.1) is 0 Å². The van der Waals surface area contributed by atoms with E-state index in [9.17, 15) is 18.0 Å². The number of aryl methyl sites for hydroxylation is 1. The Labute approximate surface area is 212 Å². The fourth-order valence-electron chi connectivity index (χ4n) is 3.80. The maximum atomic E-state index is 13.0. The Hall–Kier alpha value is -4.18. The van der Waals surface area contributed by atoms with Crippen molar-refractivity contribution in [1.29, 1.82) is 0 Å². The molecular formula is C27H26F3N5O2. The Bertz CT molecular complexity index is 1350. The smallest absolute Gasteiger partial charge is 0.416 e. The van der Waals surface area contributed by atoms with Crippen molar-refractivity contribution >= 4 is 29.1 Å². The Morgan fingerprint density at radius 1 is 1.22 bits per heavy atom. The fourth-order valence-corrected chi connectivity index (χ4v) is 3.80. The molecule has 1 saturated heterocycles. The summed E-state index contributed by atoms with van der Waals surface area (Å²) in [5.41, 5.74) is 7.95. The van der Waals surface area contributed by atoms with Gasteiger partial charge in [-0.05, 0) is 55.9 Å². The summed E-state index contributed by atoms with van der Waals surface area (Å²) in [7, 11) is 2.02. The standard InChI is InChI=1S/C27H26F3N5O2/c1-17-6-7-21(34-26(36)18-4-3-5-20(10-18)27(28,29)30)11-24(17)33-13-19(12-31)23-14-32-9-8-25(23)37-22-15-35(2)16-22/h3-14,22H,15-16,31H2,1-2H3,(H,34,36). The summed E-state index contributed by atoms with van der Waals surface area (Å²) in [6.07, 6.45) is 1.84. The summed E-state index contributed by atoms with van der Waals surface area (Å²) in [6.45, 7) is 3.51. The summed E-state index contributed by atoms with van der Waals surface area (Å²) < 4.78 is 45.1. The maximum absolute atomic E-state index is 13.0. The van der Waals surface area contributed by atoms with Crippen molar-refractivity contribution in [2.24, 2.45) is 10.7 Å². The predicted molar refractivity (Wildman–Crippen MR) is 137 cm³/mol. The van der Waals surface area contributed by atoms with Gasteiger partial charge in [-0.1, -0.05) is 12.1 Å². The highest BCUT2D eigenvalue weighted by Crippen LogP contribution is 2.31. The van der Waals surface area contributed by atoms with Crippen LogP contribution in [0.4, 0.5) is 24.5 Å². The van der Waals surface area contributed by atoms with Crippen molar-refractivity contribution in [3.05, 3.63) is 89.4 Å². The number of halogens is 3. The molecule has 0 unspecified atom stereocenters. The van der Waals surface area contributed by atoms with E-state index >= 15 is 0 Å². The van der Waals surface area contributed by atoms with E-state index in [1.54, 1.807) is 42.9 Å². The number of allylic oxidation sites excluding steroid dienone is 1. The third kappa shape index (κ3) is 6.34. The van der Waals surface area contributed by atoms with Gasteiger partial charge in [0, 0.05) is 60.3 Å². The van der Waals surface area contributed by atoms with Gasteiger partial charge < -0.3 is 15.8 Å². The van der Waals surface area contributed by atoms with Crippen LogP contribution in [0.1, 0.15) is 27.0 Å². The number of likely N-dealkylation sites (tertiary alicyclic amines) is 1. The average molecular weight is 510 g/mol. The van der Waals surface area contributed by atoms with E-state index < -0.39 is 17.6 Å². The summed E-state index contributed by atoms with van der Waals surface area (Å²) >= 11 is 0. The third-order valence-electron chi connectivity index (χ3n) is 5.86. The van der Waals surface area contributed by atoms with Crippen molar-refractivity contribution in [3.8, 4) is 5.75 Å². The molecule has 1 fully saturated rings. The number of likely N-dealkylation sites (N-methyl/N-ethyl adjacent to an activating group) is 1. The number of carbonyl (C=O) groups excluding carboxylic acids is 1. The van der Waals surface area contributed by atoms with Crippen molar-refractivity contribution in [1.82, 2.24) is 9.88 Å². The summed E-state index contributed by atoms with van der Waals surface area (Å²) in [6, 6.07) is 11.1. The minimum Gasteiger partial charge on any atom is -0.487 e. The number of amides is 1. The normalized spacial score (nSPS) is 15.0. The lowest BCUT2D eigenvalue weighted by atomic mass is 10.1. The molecule has 37 heavy (non-hydrogen) atoms. The van der Waals surface area contributed by atoms with E-state index in [1.807, 2.05) is 14.0 Å². The van der Waals surface area contributed by atoms with E-state index in [1.165, 1.54) is 18.3 Å². The maximum Gasteiger partial charge on any atom is 0.416 e. The van der Waals surface area contributed by atoms with Crippen LogP contribution in [0.5, 0.6) is 5.75 Å². The Morgan fingerprint density at radius 2 is 2.00 bits per heavy atom. The molecule has 0 aliphatic carbocycles. The van der Waals surface area contributed by atoms with Crippen LogP contribution in [0.3, 0.4) is 0 Å². The predicted octanol–water partition coefficient (Wildman–Crippen LogP) is 5.06. The molecule has 0 atom stereocenters. The van der Waals surface area contributed by atoms with Crippen LogP contribution in [0.25, 0.3) is 5.57 Å². The molecule has 1 aliphatic heterocycles. The third-order valence-corrected chi connectivity index (χ3v) is 5.86. The lowest BCUT2D eigenvalue weighted by molar-refractivity contribution is -0.137. The molecule has 2 aromatic carbocycles. The SMILES string of the molecule is Cc1ccc(NC(=O)c2cccc(C(F)(F)F)c2)cc1N=CC(=CN)c1cnccc1OC1CN(C)C1. The van der Waals surface area contributed by atoms with E-state index in [4.69, 9.17) is 10.5 Å². The Balaban J connectivity index is 1.52. The minimum atomic E-state index is -4.54. The van der Waals surface area contributed by atoms with Gasteiger partial charge in [-0.25, -0.2) is 0 Å². The summed E-state index contributed by atoms with van der Waals surface area (Å²) in [5, 5.41) is 2.63. The van der Waals surface area contributed by atoms with Crippen molar-refractivity contribution < 1.29 is 22.7 Å². The van der Waals surface area contributed by atoms with Crippen LogP contribution in [0.15, 0.2) is 72.1 Å². The number of ether oxygens (including phenoxy) is 1. The highest BCUT2D eigenvalue weighted by Gasteiger charge is 2.31. The zero-order valence-corrected chi connectivity index (χ0v) is 20.3. The number of aliphatic imine (C=N–C) groups is 1. The number of rotatable bonds is 7. The first-order valence-electron chi connectivity index (χ1n) is 11.5. The first kappa shape index (κ1) is 25.9. The molecule has 3 N–H and O–H groups in total. The topological polar surface area (TPSA) is 92.8 Å². The highest BCUT2D eigenvalue weighted by atomic mass is 19.4. The number of hydrogen-bond donors (Lipinski definition) is 2. The van der Waals surface area contributed by atoms with Crippen LogP contribution < -0.4 is 15.8 Å². The van der Waals surface area contributed by atoms with Crippen molar-refractivity contribution in [3.63, 3.8) is 0 Å². The van der Waals surface area contributed by atoms with Crippen molar-refractivity contribution in [2.45, 2.75) is 19.2 Å². The Kier molecular flexibility index (Phi) is 7.58. The molecule has 2 heterocycles. The van der Waals surface area contributed by atoms with Gasteiger partial charge in [0.1, 0.15) is 11.9 Å². The van der Waals surface area contributed by atoms with Crippen LogP contribution >= 0.6 is 0 Å². The molecule has 10 heteroatoms. The quantitative estimate of drug-likeness (QED) is 0.435. The van der Waals surface area contributed by atoms with E-state index in [0.717, 1.165) is 30.8 Å². The number of benzene rings is 2. The number of nitrogens with two attached hydrogens (primary N) is 1. The number of hydrogen-bond acceptors (Lipinski definition) is 6. The molecule has 1 amide bonds. The summed E-state index contributed by atoms with van der Waals surface area (Å²) in [4.78, 5) is 23.5. The number of alkyl halides is 3. The lowest BCUT2D eigenvalue weighted by Crippen LogP contribution is -2.51. The van der Waals surface area contributed by atoms with Gasteiger partial charge in [0.05, 0.1) is 11.3 Å². The molecular weight excluding hydrogens is 483 g/mol. The second kappa shape index (κ2) is 10.8. The molecule has 0 bridgehead atoms. The zero-order valence-electron chi connectivity index (χ0n) is 20.3. The first-order valence-corrected chi connectivity index (χ1v) is 11.5. The molecule has 3 aromatic rings. The molecule has 7 nitrogen and oxygen atoms in total. The summed E-state index contributed by atoms with van der Waals surface area (Å²) in [5.74, 6) is -0.0127. The molecule has 0 saturated carbocycles. The van der Waals surface area contributed by atoms with E-state index in [0.29, 0.717) is 28.3 Å².